The molecule has 0 aromatic heterocycles. The summed E-state index contributed by atoms with van der Waals surface area (Å²) in [5, 5.41) is 11.7. The Labute approximate surface area is 438 Å². The first-order valence-corrected chi connectivity index (χ1v) is 37.6. The van der Waals surface area contributed by atoms with E-state index in [2.05, 4.69) is 107 Å². The van der Waals surface area contributed by atoms with Crippen molar-refractivity contribution in [2.24, 2.45) is 11.5 Å². The molecule has 6 aromatic carbocycles. The molecule has 0 heterocycles. The monoisotopic (exact) mass is 1360 g/mol. The van der Waals surface area contributed by atoms with Crippen LogP contribution in [0.25, 0.3) is 0 Å². The predicted octanol–water partition coefficient (Wildman–Crippen LogP) is 9.28. The maximum absolute atomic E-state index is 12.4. The molecule has 0 spiro atoms. The van der Waals surface area contributed by atoms with E-state index in [0.29, 0.717) is 24.8 Å². The summed E-state index contributed by atoms with van der Waals surface area (Å²) < 4.78 is 21.5. The zero-order valence-electron chi connectivity index (χ0n) is 34.4. The molecular weight excluding hydrogens is 1310 g/mol. The first-order valence-electron chi connectivity index (χ1n) is 18.3. The molecule has 65 heavy (non-hydrogen) atoms. The van der Waals surface area contributed by atoms with Gasteiger partial charge in [0.05, 0.1) is 27.3 Å². The van der Waals surface area contributed by atoms with Gasteiger partial charge < -0.3 is 17.6 Å². The number of hydrogen-bond donors (Lipinski definition) is 5. The molecule has 1 unspecified atom stereocenters. The van der Waals surface area contributed by atoms with Crippen molar-refractivity contribution in [1.29, 1.82) is 0 Å². The van der Waals surface area contributed by atoms with Gasteiger partial charge in [-0.15, -0.1) is 23.5 Å². The topological polar surface area (TPSA) is 213 Å². The molecule has 9 N–H and O–H groups in total. The van der Waals surface area contributed by atoms with E-state index in [4.69, 9.17) is 37.8 Å². The van der Waals surface area contributed by atoms with Gasteiger partial charge >= 0.3 is 50.5 Å². The van der Waals surface area contributed by atoms with Crippen molar-refractivity contribution in [1.82, 2.24) is 6.15 Å². The second-order valence-electron chi connectivity index (χ2n) is 12.3. The van der Waals surface area contributed by atoms with Crippen molar-refractivity contribution in [3.05, 3.63) is 215 Å². The second kappa shape index (κ2) is 39.8. The Morgan fingerprint density at radius 3 is 0.969 bits per heavy atom. The molecule has 0 saturated carbocycles. The van der Waals surface area contributed by atoms with Gasteiger partial charge in [-0.2, -0.15) is 0 Å². The van der Waals surface area contributed by atoms with Crippen LogP contribution in [0.2, 0.25) is 0 Å². The van der Waals surface area contributed by atoms with Gasteiger partial charge in [0.25, 0.3) is 0 Å². The molecule has 0 aliphatic carbocycles. The van der Waals surface area contributed by atoms with Crippen molar-refractivity contribution >= 4 is 131 Å². The molecule has 0 aliphatic rings. The van der Waals surface area contributed by atoms with E-state index >= 15 is 0 Å². The Bertz CT molecular complexity index is 1990. The fraction of sp³-hybridized carbons (Fsp3) is 0.133. The zero-order valence-corrected chi connectivity index (χ0v) is 46.4. The molecular formula is C45H48Cl3I3N3O7S4-. The predicted molar refractivity (Wildman–Crippen MR) is 290 cm³/mol. The number of rotatable bonds is 15. The summed E-state index contributed by atoms with van der Waals surface area (Å²) in [5.41, 5.74) is 17.0. The van der Waals surface area contributed by atoms with Gasteiger partial charge in [-0.05, 0) is 45.0 Å². The van der Waals surface area contributed by atoms with E-state index in [9.17, 15) is 18.6 Å². The summed E-state index contributed by atoms with van der Waals surface area (Å²) >= 11 is 13.9. The average molecular weight is 1360 g/mol. The van der Waals surface area contributed by atoms with Gasteiger partial charge in [-0.25, -0.2) is 4.21 Å². The largest absolute Gasteiger partial charge is 0.369 e. The van der Waals surface area contributed by atoms with Crippen molar-refractivity contribution in [2.75, 3.05) is 17.3 Å². The number of benzene rings is 6. The number of nitrogens with two attached hydrogens (primary N) is 2. The summed E-state index contributed by atoms with van der Waals surface area (Å²) in [6.07, 6.45) is 0. The van der Waals surface area contributed by atoms with Crippen LogP contribution in [0, 0.1) is 0 Å². The number of thioether (sulfide) groups is 2. The maximum Gasteiger partial charge on any atom is 0.231 e. The van der Waals surface area contributed by atoms with Crippen molar-refractivity contribution < 1.29 is 46.6 Å². The van der Waals surface area contributed by atoms with Gasteiger partial charge in [0.15, 0.2) is 0 Å². The number of halogens is 6. The second-order valence-corrected chi connectivity index (χ2v) is 35.2. The van der Waals surface area contributed by atoms with Crippen LogP contribution >= 0.6 is 93.7 Å². The van der Waals surface area contributed by atoms with E-state index in [1.54, 1.807) is 23.5 Å². The minimum absolute atomic E-state index is 0. The van der Waals surface area contributed by atoms with E-state index in [1.165, 1.54) is 22.3 Å². The standard InChI is InChI=1S/C15H13ClOS.C15H15NO2S.C15H15NOS.Cl2OS.I3.H3N.H2O2/c16-14(17)11-18-15(12-7-3-1-4-8-12)13-9-5-2-6-10-13;16-14(17)11-19(18)15(12-7-3-1-4-8-12)13-9-5-2-6-10-13;16-14(17)11-18-15(12-7-3-1-4-8-12)13-9-5-2-6-10-13;1-4(2)3;1-3-2;;1-2/h1-10,15H,11H2;1-10,15H,11H2,(H2,16,17);1-10,15H,11H2,(H2,16,17);;;1H3;1-2H/q;;;;-1;;. The van der Waals surface area contributed by atoms with E-state index in [0.717, 1.165) is 11.1 Å². The molecule has 6 rings (SSSR count). The van der Waals surface area contributed by atoms with E-state index in [1.807, 2.05) is 133 Å². The van der Waals surface area contributed by atoms with Crippen LogP contribution < -0.4 is 30.9 Å². The van der Waals surface area contributed by atoms with Crippen molar-refractivity contribution in [3.63, 3.8) is 0 Å². The Kier molecular flexibility index (Phi) is 38.5. The molecule has 6 aromatic rings. The first kappa shape index (κ1) is 62.9. The maximum atomic E-state index is 12.4. The van der Waals surface area contributed by atoms with Gasteiger partial charge in [-0.3, -0.25) is 29.1 Å². The Morgan fingerprint density at radius 2 is 0.754 bits per heavy atom. The fourth-order valence-electron chi connectivity index (χ4n) is 5.57. The smallest absolute Gasteiger partial charge is 0.231 e. The molecule has 352 valence electrons. The van der Waals surface area contributed by atoms with Crippen LogP contribution in [0.4, 0.5) is 0 Å². The van der Waals surface area contributed by atoms with Crippen LogP contribution in [0.1, 0.15) is 49.1 Å². The van der Waals surface area contributed by atoms with Gasteiger partial charge in [-0.1, -0.05) is 182 Å². The number of carbonyl (C=O) groups is 3. The quantitative estimate of drug-likeness (QED) is 0.0285. The third kappa shape index (κ3) is 28.7. The molecule has 0 radical (unpaired) electrons. The molecule has 0 bridgehead atoms. The van der Waals surface area contributed by atoms with Crippen molar-refractivity contribution in [3.8, 4) is 0 Å². The molecule has 2 amide bonds. The van der Waals surface area contributed by atoms with Gasteiger partial charge in [0.2, 0.25) is 26.3 Å². The Morgan fingerprint density at radius 1 is 0.523 bits per heavy atom. The Balaban J connectivity index is 0.000000858. The summed E-state index contributed by atoms with van der Waals surface area (Å²) in [4.78, 5) is 32.9. The van der Waals surface area contributed by atoms with Crippen LogP contribution in [-0.4, -0.2) is 53.2 Å². The Hall–Kier alpha value is -2.13. The van der Waals surface area contributed by atoms with Crippen molar-refractivity contribution in [2.45, 2.75) is 15.7 Å². The minimum Gasteiger partial charge on any atom is -0.369 e. The molecule has 0 aliphatic heterocycles. The van der Waals surface area contributed by atoms with Gasteiger partial charge in [0.1, 0.15) is 5.75 Å². The normalized spacial score (nSPS) is 10.4. The molecule has 1 atom stereocenters. The molecule has 0 saturated heterocycles. The van der Waals surface area contributed by atoms with E-state index < -0.39 is 25.9 Å². The average Bonchev–Trinajstić information content (AvgIpc) is 3.30. The van der Waals surface area contributed by atoms with Crippen LogP contribution in [0.5, 0.6) is 0 Å². The molecule has 10 nitrogen and oxygen atoms in total. The summed E-state index contributed by atoms with van der Waals surface area (Å²) in [7, 11) is 5.99. The van der Waals surface area contributed by atoms with Gasteiger partial charge in [0, 0.05) is 32.2 Å². The SMILES string of the molecule is I[I-]I.N.NC(=O)CS(=O)C(c1ccccc1)c1ccccc1.NC(=O)CSC(c1ccccc1)c1ccccc1.O=C(Cl)CSC(c1ccccc1)c1ccccc1.O=S(Cl)Cl.OO. The number of primary amides is 2. The zero-order chi connectivity index (χ0) is 47.5. The minimum atomic E-state index is -1.67. The summed E-state index contributed by atoms with van der Waals surface area (Å²) in [5.74, 6) is -0.314. The van der Waals surface area contributed by atoms with Crippen LogP contribution in [0.3, 0.4) is 0 Å². The summed E-state index contributed by atoms with van der Waals surface area (Å²) in [6.45, 7) is 0. The third-order valence-corrected chi connectivity index (χ3v) is 12.5. The third-order valence-electron chi connectivity index (χ3n) is 7.92. The van der Waals surface area contributed by atoms with Crippen LogP contribution in [0.15, 0.2) is 182 Å². The fourth-order valence-corrected chi connectivity index (χ4v) is 9.16. The number of amides is 2. The molecule has 20 heteroatoms. The number of carbonyl (C=O) groups excluding carboxylic acids is 3. The number of hydrogen-bond acceptors (Lipinski definition) is 10. The van der Waals surface area contributed by atoms with Crippen LogP contribution in [-0.2, 0) is 34.4 Å². The first-order chi connectivity index (χ1) is 30.9. The molecule has 0 fully saturated rings. The van der Waals surface area contributed by atoms with E-state index in [-0.39, 0.29) is 38.8 Å². The summed E-state index contributed by atoms with van der Waals surface area (Å²) in [6, 6.07) is 59.7.